The Kier molecular flexibility index (Phi) is 3.72. The van der Waals surface area contributed by atoms with E-state index in [-0.39, 0.29) is 6.10 Å². The summed E-state index contributed by atoms with van der Waals surface area (Å²) >= 11 is 0. The van der Waals surface area contributed by atoms with E-state index in [1.807, 2.05) is 19.2 Å². The number of aromatic nitrogens is 3. The Morgan fingerprint density at radius 2 is 2.40 bits per heavy atom. The summed E-state index contributed by atoms with van der Waals surface area (Å²) in [6, 6.07) is 3.68. The van der Waals surface area contributed by atoms with Crippen molar-refractivity contribution >= 4 is 0 Å². The van der Waals surface area contributed by atoms with Crippen LogP contribution in [0.3, 0.4) is 0 Å². The highest BCUT2D eigenvalue weighted by Gasteiger charge is 2.24. The number of hydrogen-bond donors (Lipinski definition) is 1. The van der Waals surface area contributed by atoms with Crippen molar-refractivity contribution in [3.63, 3.8) is 0 Å². The van der Waals surface area contributed by atoms with Crippen LogP contribution in [0.2, 0.25) is 0 Å². The van der Waals surface area contributed by atoms with E-state index < -0.39 is 0 Å². The van der Waals surface area contributed by atoms with Crippen LogP contribution in [-0.4, -0.2) is 46.8 Å². The average Bonchev–Trinajstić information content (AvgIpc) is 2.97. The van der Waals surface area contributed by atoms with Crippen molar-refractivity contribution in [3.8, 4) is 11.5 Å². The Morgan fingerprint density at radius 3 is 3.20 bits per heavy atom. The zero-order valence-corrected chi connectivity index (χ0v) is 11.3. The van der Waals surface area contributed by atoms with Gasteiger partial charge in [-0.05, 0) is 19.2 Å². The summed E-state index contributed by atoms with van der Waals surface area (Å²) in [4.78, 5) is 10.7. The molecule has 0 aromatic carbocycles. The molecule has 1 atom stereocenters. The molecule has 0 radical (unpaired) electrons. The third-order valence-corrected chi connectivity index (χ3v) is 3.27. The first-order valence-electron chi connectivity index (χ1n) is 6.55. The van der Waals surface area contributed by atoms with Crippen molar-refractivity contribution in [2.45, 2.75) is 12.6 Å². The Morgan fingerprint density at radius 1 is 1.50 bits per heavy atom. The van der Waals surface area contributed by atoms with E-state index in [0.29, 0.717) is 24.9 Å². The third kappa shape index (κ3) is 2.69. The number of rotatable bonds is 3. The molecule has 1 aliphatic rings. The van der Waals surface area contributed by atoms with Gasteiger partial charge in [0.25, 0.3) is 5.89 Å². The number of hydrogen-bond acceptors (Lipinski definition) is 7. The van der Waals surface area contributed by atoms with E-state index in [9.17, 15) is 0 Å². The fourth-order valence-corrected chi connectivity index (χ4v) is 2.14. The van der Waals surface area contributed by atoms with Gasteiger partial charge in [0.15, 0.2) is 0 Å². The Balaban J connectivity index is 1.82. The minimum atomic E-state index is -0.137. The molecule has 0 saturated carbocycles. The number of morpholine rings is 1. The molecule has 2 aromatic heterocycles. The van der Waals surface area contributed by atoms with Crippen LogP contribution in [0.4, 0.5) is 0 Å². The molecule has 7 heteroatoms. The van der Waals surface area contributed by atoms with Crippen LogP contribution in [-0.2, 0) is 11.3 Å². The summed E-state index contributed by atoms with van der Waals surface area (Å²) in [7, 11) is 2.05. The largest absolute Gasteiger partial charge is 0.367 e. The second-order valence-electron chi connectivity index (χ2n) is 4.82. The van der Waals surface area contributed by atoms with Crippen LogP contribution < -0.4 is 5.73 Å². The molecule has 1 aliphatic heterocycles. The standard InChI is InChI=1S/C13H17N5O2/c1-18-4-5-19-11(8-18)12-16-13(20-17-12)9-2-3-15-10(6-9)7-14/h2-3,6,11H,4-5,7-8,14H2,1H3. The molecule has 0 bridgehead atoms. The van der Waals surface area contributed by atoms with E-state index in [1.165, 1.54) is 0 Å². The zero-order chi connectivity index (χ0) is 13.9. The SMILES string of the molecule is CN1CCOC(c2noc(-c3ccnc(CN)c3)n2)C1. The molecule has 106 valence electrons. The first-order chi connectivity index (χ1) is 9.76. The minimum Gasteiger partial charge on any atom is -0.367 e. The lowest BCUT2D eigenvalue weighted by molar-refractivity contribution is -0.0264. The fraction of sp³-hybridized carbons (Fsp3) is 0.462. The van der Waals surface area contributed by atoms with Gasteiger partial charge in [-0.25, -0.2) is 0 Å². The van der Waals surface area contributed by atoms with Gasteiger partial charge < -0.3 is 19.9 Å². The van der Waals surface area contributed by atoms with Crippen LogP contribution in [0.15, 0.2) is 22.9 Å². The first kappa shape index (κ1) is 13.2. The van der Waals surface area contributed by atoms with Crippen molar-refractivity contribution < 1.29 is 9.26 Å². The summed E-state index contributed by atoms with van der Waals surface area (Å²) < 4.78 is 11.0. The van der Waals surface area contributed by atoms with Crippen LogP contribution in [0, 0.1) is 0 Å². The Bertz CT molecular complexity index is 586. The van der Waals surface area contributed by atoms with Gasteiger partial charge in [-0.3, -0.25) is 4.98 Å². The third-order valence-electron chi connectivity index (χ3n) is 3.27. The molecule has 0 spiro atoms. The predicted molar refractivity (Wildman–Crippen MR) is 71.6 cm³/mol. The highest BCUT2D eigenvalue weighted by atomic mass is 16.5. The Hall–Kier alpha value is -1.83. The van der Waals surface area contributed by atoms with E-state index >= 15 is 0 Å². The molecule has 2 N–H and O–H groups in total. The molecule has 1 saturated heterocycles. The number of likely N-dealkylation sites (N-methyl/N-ethyl adjacent to an activating group) is 1. The maximum absolute atomic E-state index is 5.67. The van der Waals surface area contributed by atoms with Gasteiger partial charge in [-0.15, -0.1) is 0 Å². The van der Waals surface area contributed by atoms with Crippen molar-refractivity contribution in [1.82, 2.24) is 20.0 Å². The molecule has 1 unspecified atom stereocenters. The molecule has 0 amide bonds. The molecule has 1 fully saturated rings. The van der Waals surface area contributed by atoms with E-state index in [1.54, 1.807) is 6.20 Å². The van der Waals surface area contributed by atoms with Crippen molar-refractivity contribution in [2.75, 3.05) is 26.7 Å². The molecular formula is C13H17N5O2. The van der Waals surface area contributed by atoms with E-state index in [0.717, 1.165) is 24.3 Å². The van der Waals surface area contributed by atoms with Gasteiger partial charge in [0, 0.05) is 31.4 Å². The number of nitrogens with two attached hydrogens (primary N) is 1. The molecule has 0 aliphatic carbocycles. The fourth-order valence-electron chi connectivity index (χ4n) is 2.14. The maximum Gasteiger partial charge on any atom is 0.258 e. The number of pyridine rings is 1. The van der Waals surface area contributed by atoms with Gasteiger partial charge in [-0.2, -0.15) is 4.98 Å². The van der Waals surface area contributed by atoms with Crippen LogP contribution in [0.1, 0.15) is 17.6 Å². The van der Waals surface area contributed by atoms with Crippen LogP contribution in [0.5, 0.6) is 0 Å². The zero-order valence-electron chi connectivity index (χ0n) is 11.3. The maximum atomic E-state index is 5.67. The summed E-state index contributed by atoms with van der Waals surface area (Å²) in [5.74, 6) is 1.05. The molecule has 3 rings (SSSR count). The smallest absolute Gasteiger partial charge is 0.258 e. The molecule has 20 heavy (non-hydrogen) atoms. The second kappa shape index (κ2) is 5.66. The number of nitrogens with zero attached hydrogens (tertiary/aromatic N) is 4. The summed E-state index contributed by atoms with van der Waals surface area (Å²) in [5, 5.41) is 4.02. The lowest BCUT2D eigenvalue weighted by atomic mass is 10.2. The normalized spacial score (nSPS) is 20.2. The predicted octanol–water partition coefficient (Wildman–Crippen LogP) is 0.593. The van der Waals surface area contributed by atoms with Gasteiger partial charge in [0.05, 0.1) is 12.3 Å². The molecular weight excluding hydrogens is 258 g/mol. The first-order valence-corrected chi connectivity index (χ1v) is 6.55. The summed E-state index contributed by atoms with van der Waals surface area (Å²) in [6.45, 7) is 2.75. The van der Waals surface area contributed by atoms with Crippen molar-refractivity contribution in [3.05, 3.63) is 29.8 Å². The lowest BCUT2D eigenvalue weighted by Crippen LogP contribution is -2.35. The van der Waals surface area contributed by atoms with Gasteiger partial charge in [0.1, 0.15) is 6.10 Å². The van der Waals surface area contributed by atoms with Gasteiger partial charge in [-0.1, -0.05) is 5.16 Å². The quantitative estimate of drug-likeness (QED) is 0.876. The molecule has 3 heterocycles. The van der Waals surface area contributed by atoms with E-state index in [4.69, 9.17) is 15.0 Å². The summed E-state index contributed by atoms with van der Waals surface area (Å²) in [6.07, 6.45) is 1.55. The highest BCUT2D eigenvalue weighted by molar-refractivity contribution is 5.52. The van der Waals surface area contributed by atoms with E-state index in [2.05, 4.69) is 20.0 Å². The lowest BCUT2D eigenvalue weighted by Gasteiger charge is -2.27. The topological polar surface area (TPSA) is 90.3 Å². The second-order valence-corrected chi connectivity index (χ2v) is 4.82. The highest BCUT2D eigenvalue weighted by Crippen LogP contribution is 2.23. The van der Waals surface area contributed by atoms with Crippen molar-refractivity contribution in [2.24, 2.45) is 5.73 Å². The minimum absolute atomic E-state index is 0.137. The average molecular weight is 275 g/mol. The Labute approximate surface area is 116 Å². The molecule has 7 nitrogen and oxygen atoms in total. The molecule has 2 aromatic rings. The van der Waals surface area contributed by atoms with Gasteiger partial charge in [0.2, 0.25) is 5.82 Å². The number of ether oxygens (including phenoxy) is 1. The van der Waals surface area contributed by atoms with Crippen LogP contribution in [0.25, 0.3) is 11.5 Å². The monoisotopic (exact) mass is 275 g/mol. The summed E-state index contributed by atoms with van der Waals surface area (Å²) in [5.41, 5.74) is 7.19. The van der Waals surface area contributed by atoms with Gasteiger partial charge >= 0.3 is 0 Å². The van der Waals surface area contributed by atoms with Crippen LogP contribution >= 0.6 is 0 Å². The van der Waals surface area contributed by atoms with Crippen molar-refractivity contribution in [1.29, 1.82) is 0 Å².